The van der Waals surface area contributed by atoms with Gasteiger partial charge in [0.2, 0.25) is 0 Å². The molecule has 0 spiro atoms. The number of benzene rings is 2. The minimum Gasteiger partial charge on any atom is -0.398 e. The van der Waals surface area contributed by atoms with Gasteiger partial charge in [0.05, 0.1) is 17.2 Å². The standard InChI is InChI=1S/C25H19N3O/c1-17-5-14-22(26)24-21-13-12-20(28-23(21)16-27-25(17)24)11-10-19-8-6-18(7-9-19)4-2-3-15-29/h5-9,12-14,16,29H,4,15,26H2,1H3. The molecule has 0 saturated heterocycles. The van der Waals surface area contributed by atoms with Crippen LogP contribution in [0, 0.1) is 30.6 Å². The van der Waals surface area contributed by atoms with Crippen molar-refractivity contribution in [2.45, 2.75) is 13.3 Å². The molecule has 0 radical (unpaired) electrons. The van der Waals surface area contributed by atoms with Crippen molar-refractivity contribution in [1.82, 2.24) is 9.97 Å². The molecule has 140 valence electrons. The van der Waals surface area contributed by atoms with E-state index >= 15 is 0 Å². The molecule has 4 nitrogen and oxygen atoms in total. The molecule has 0 aliphatic heterocycles. The van der Waals surface area contributed by atoms with Crippen molar-refractivity contribution < 1.29 is 5.11 Å². The average molecular weight is 377 g/mol. The first kappa shape index (κ1) is 18.5. The van der Waals surface area contributed by atoms with Crippen molar-refractivity contribution in [1.29, 1.82) is 0 Å². The van der Waals surface area contributed by atoms with Gasteiger partial charge in [-0.05, 0) is 54.3 Å². The Morgan fingerprint density at radius 2 is 1.79 bits per heavy atom. The van der Waals surface area contributed by atoms with E-state index in [0.717, 1.165) is 38.5 Å². The normalized spacial score (nSPS) is 10.3. The first-order chi connectivity index (χ1) is 14.2. The zero-order valence-electron chi connectivity index (χ0n) is 16.0. The molecule has 2 heterocycles. The monoisotopic (exact) mass is 377 g/mol. The molecule has 0 aliphatic rings. The van der Waals surface area contributed by atoms with Crippen LogP contribution in [0.3, 0.4) is 0 Å². The molecule has 0 saturated carbocycles. The SMILES string of the molecule is Cc1ccc(N)c2c1ncc1nc(C#Cc3ccc(CC#CCO)cc3)ccc12. The van der Waals surface area contributed by atoms with E-state index in [2.05, 4.69) is 33.6 Å². The van der Waals surface area contributed by atoms with Crippen LogP contribution < -0.4 is 5.73 Å². The third-order valence-electron chi connectivity index (χ3n) is 4.71. The summed E-state index contributed by atoms with van der Waals surface area (Å²) in [5, 5.41) is 10.6. The number of aliphatic hydroxyl groups excluding tert-OH is 1. The van der Waals surface area contributed by atoms with Gasteiger partial charge in [-0.1, -0.05) is 36.0 Å². The fourth-order valence-electron chi connectivity index (χ4n) is 3.20. The second kappa shape index (κ2) is 8.02. The largest absolute Gasteiger partial charge is 0.398 e. The minimum atomic E-state index is -0.111. The number of aliphatic hydroxyl groups is 1. The zero-order chi connectivity index (χ0) is 20.2. The maximum Gasteiger partial charge on any atom is 0.114 e. The maximum absolute atomic E-state index is 8.70. The van der Waals surface area contributed by atoms with Gasteiger partial charge >= 0.3 is 0 Å². The van der Waals surface area contributed by atoms with Crippen molar-refractivity contribution >= 4 is 27.5 Å². The molecular weight excluding hydrogens is 358 g/mol. The van der Waals surface area contributed by atoms with E-state index in [1.165, 1.54) is 0 Å². The predicted octanol–water partition coefficient (Wildman–Crippen LogP) is 3.61. The van der Waals surface area contributed by atoms with E-state index in [9.17, 15) is 0 Å². The molecule has 2 aromatic heterocycles. The summed E-state index contributed by atoms with van der Waals surface area (Å²) in [5.41, 5.74) is 12.3. The Labute approximate surface area is 169 Å². The van der Waals surface area contributed by atoms with Crippen molar-refractivity contribution in [2.75, 3.05) is 12.3 Å². The van der Waals surface area contributed by atoms with Gasteiger partial charge in [-0.2, -0.15) is 0 Å². The van der Waals surface area contributed by atoms with Gasteiger partial charge in [-0.15, -0.1) is 0 Å². The topological polar surface area (TPSA) is 72.0 Å². The molecule has 0 fully saturated rings. The molecular formula is C25H19N3O. The van der Waals surface area contributed by atoms with Gasteiger partial charge in [-0.25, -0.2) is 4.98 Å². The number of fused-ring (bicyclic) bond motifs is 3. The highest BCUT2D eigenvalue weighted by Gasteiger charge is 2.08. The second-order valence-electron chi connectivity index (χ2n) is 6.72. The van der Waals surface area contributed by atoms with E-state index in [4.69, 9.17) is 10.8 Å². The molecule has 0 bridgehead atoms. The summed E-state index contributed by atoms with van der Waals surface area (Å²) in [6.45, 7) is 1.91. The van der Waals surface area contributed by atoms with Crippen molar-refractivity contribution in [3.05, 3.63) is 77.1 Å². The van der Waals surface area contributed by atoms with Crippen LogP contribution >= 0.6 is 0 Å². The smallest absolute Gasteiger partial charge is 0.114 e. The molecule has 29 heavy (non-hydrogen) atoms. The third-order valence-corrected chi connectivity index (χ3v) is 4.71. The highest BCUT2D eigenvalue weighted by Crippen LogP contribution is 2.29. The molecule has 4 heteroatoms. The number of pyridine rings is 2. The summed E-state index contributed by atoms with van der Waals surface area (Å²) >= 11 is 0. The lowest BCUT2D eigenvalue weighted by Gasteiger charge is -2.08. The van der Waals surface area contributed by atoms with Crippen molar-refractivity contribution in [2.24, 2.45) is 0 Å². The molecule has 0 unspecified atom stereocenters. The number of nitrogen functional groups attached to an aromatic ring is 1. The van der Waals surface area contributed by atoms with Gasteiger partial charge in [-0.3, -0.25) is 4.98 Å². The molecule has 0 aliphatic carbocycles. The summed E-state index contributed by atoms with van der Waals surface area (Å²) in [6, 6.07) is 15.7. The lowest BCUT2D eigenvalue weighted by molar-refractivity contribution is 0.350. The highest BCUT2D eigenvalue weighted by molar-refractivity contribution is 6.11. The first-order valence-corrected chi connectivity index (χ1v) is 9.28. The van der Waals surface area contributed by atoms with Gasteiger partial charge in [0.25, 0.3) is 0 Å². The Morgan fingerprint density at radius 1 is 0.966 bits per heavy atom. The third kappa shape index (κ3) is 3.89. The van der Waals surface area contributed by atoms with Crippen LogP contribution in [0.25, 0.3) is 21.8 Å². The highest BCUT2D eigenvalue weighted by atomic mass is 16.2. The fourth-order valence-corrected chi connectivity index (χ4v) is 3.20. The number of anilines is 1. The molecule has 4 aromatic rings. The number of hydrogen-bond acceptors (Lipinski definition) is 4. The van der Waals surface area contributed by atoms with Crippen LogP contribution in [-0.2, 0) is 6.42 Å². The van der Waals surface area contributed by atoms with Gasteiger partial charge < -0.3 is 10.8 Å². The van der Waals surface area contributed by atoms with Crippen LogP contribution in [0.2, 0.25) is 0 Å². The number of aromatic nitrogens is 2. The summed E-state index contributed by atoms with van der Waals surface area (Å²) in [4.78, 5) is 9.20. The Bertz CT molecular complexity index is 1330. The van der Waals surface area contributed by atoms with Gasteiger partial charge in [0, 0.05) is 28.4 Å². The Kier molecular flexibility index (Phi) is 5.12. The van der Waals surface area contributed by atoms with E-state index in [-0.39, 0.29) is 6.61 Å². The van der Waals surface area contributed by atoms with Crippen LogP contribution in [0.5, 0.6) is 0 Å². The van der Waals surface area contributed by atoms with Crippen LogP contribution in [0.4, 0.5) is 5.69 Å². The summed E-state index contributed by atoms with van der Waals surface area (Å²) in [5.74, 6) is 11.8. The molecule has 0 atom stereocenters. The number of nitrogens with two attached hydrogens (primary N) is 1. The number of rotatable bonds is 1. The molecule has 2 aromatic carbocycles. The van der Waals surface area contributed by atoms with Crippen molar-refractivity contribution in [3.63, 3.8) is 0 Å². The Balaban J connectivity index is 1.65. The quantitative estimate of drug-likeness (QED) is 0.302. The lowest BCUT2D eigenvalue weighted by atomic mass is 10.0. The van der Waals surface area contributed by atoms with E-state index in [1.54, 1.807) is 6.20 Å². The number of nitrogens with zero attached hydrogens (tertiary/aromatic N) is 2. The summed E-state index contributed by atoms with van der Waals surface area (Å²) < 4.78 is 0. The average Bonchev–Trinajstić information content (AvgIpc) is 2.75. The molecule has 0 amide bonds. The van der Waals surface area contributed by atoms with Gasteiger partial charge in [0.15, 0.2) is 0 Å². The first-order valence-electron chi connectivity index (χ1n) is 9.28. The minimum absolute atomic E-state index is 0.111. The Morgan fingerprint density at radius 3 is 2.59 bits per heavy atom. The van der Waals surface area contributed by atoms with Crippen LogP contribution in [0.1, 0.15) is 22.4 Å². The van der Waals surface area contributed by atoms with E-state index < -0.39 is 0 Å². The lowest BCUT2D eigenvalue weighted by Crippen LogP contribution is -1.94. The van der Waals surface area contributed by atoms with E-state index in [1.807, 2.05) is 55.5 Å². The predicted molar refractivity (Wildman–Crippen MR) is 117 cm³/mol. The summed E-state index contributed by atoms with van der Waals surface area (Å²) in [6.07, 6.45) is 2.39. The molecule has 3 N–H and O–H groups in total. The number of aryl methyl sites for hydroxylation is 1. The maximum atomic E-state index is 8.70. The fraction of sp³-hybridized carbons (Fsp3) is 0.120. The molecule has 4 rings (SSSR count). The second-order valence-corrected chi connectivity index (χ2v) is 6.72. The van der Waals surface area contributed by atoms with E-state index in [0.29, 0.717) is 17.8 Å². The Hall–Kier alpha value is -3.86. The zero-order valence-corrected chi connectivity index (χ0v) is 16.0. The summed E-state index contributed by atoms with van der Waals surface area (Å²) in [7, 11) is 0. The van der Waals surface area contributed by atoms with Crippen LogP contribution in [-0.4, -0.2) is 21.7 Å². The van der Waals surface area contributed by atoms with Crippen LogP contribution in [0.15, 0.2) is 54.7 Å². The number of hydrogen-bond donors (Lipinski definition) is 2. The van der Waals surface area contributed by atoms with Gasteiger partial charge in [0.1, 0.15) is 12.3 Å². The van der Waals surface area contributed by atoms with Crippen molar-refractivity contribution in [3.8, 4) is 23.7 Å².